The van der Waals surface area contributed by atoms with Gasteiger partial charge in [-0.05, 0) is 70.1 Å². The molecular weight excluding hydrogens is 444 g/mol. The minimum Gasteiger partial charge on any atom is -0.369 e. The van der Waals surface area contributed by atoms with Gasteiger partial charge in [0.2, 0.25) is 11.9 Å². The number of anilines is 3. The Hall–Kier alpha value is -3.71. The zero-order chi connectivity index (χ0) is 24.1. The second kappa shape index (κ2) is 11.6. The second-order valence-electron chi connectivity index (χ2n) is 9.01. The third kappa shape index (κ3) is 6.45. The molecule has 1 saturated carbocycles. The summed E-state index contributed by atoms with van der Waals surface area (Å²) >= 11 is 0. The van der Waals surface area contributed by atoms with E-state index in [1.807, 2.05) is 0 Å². The van der Waals surface area contributed by atoms with Crippen molar-refractivity contribution in [2.75, 3.05) is 30.8 Å². The average molecular weight is 479 g/mol. The van der Waals surface area contributed by atoms with Gasteiger partial charge in [-0.2, -0.15) is 10.2 Å². The van der Waals surface area contributed by atoms with Crippen LogP contribution in [-0.4, -0.2) is 58.9 Å². The van der Waals surface area contributed by atoms with Crippen molar-refractivity contribution < 1.29 is 9.59 Å². The normalized spacial score (nSPS) is 20.3. The first-order chi connectivity index (χ1) is 16.4. The lowest BCUT2D eigenvalue weighted by Crippen LogP contribution is -2.43. The molecule has 1 saturated heterocycles. The molecule has 2 amide bonds. The van der Waals surface area contributed by atoms with Gasteiger partial charge in [-0.15, -0.1) is 0 Å². The second-order valence-corrected chi connectivity index (χ2v) is 9.01. The largest absolute Gasteiger partial charge is 0.369 e. The summed E-state index contributed by atoms with van der Waals surface area (Å²) in [5.41, 5.74) is 7.11. The highest BCUT2D eigenvalue weighted by Crippen LogP contribution is 2.29. The van der Waals surface area contributed by atoms with E-state index in [-0.39, 0.29) is 37.2 Å². The first kappa shape index (κ1) is 25.9. The highest BCUT2D eigenvalue weighted by Gasteiger charge is 2.32. The molecule has 2 atom stereocenters. The van der Waals surface area contributed by atoms with Gasteiger partial charge >= 0.3 is 0 Å². The zero-order valence-electron chi connectivity index (χ0n) is 19.3. The maximum atomic E-state index is 12.6. The quantitative estimate of drug-likeness (QED) is 0.474. The van der Waals surface area contributed by atoms with E-state index in [4.69, 9.17) is 5.73 Å². The van der Waals surface area contributed by atoms with Crippen molar-refractivity contribution in [3.63, 3.8) is 0 Å². The Balaban J connectivity index is 0.00000342. The average Bonchev–Trinajstić information content (AvgIpc) is 3.30. The van der Waals surface area contributed by atoms with Crippen LogP contribution < -0.4 is 21.7 Å². The number of nitrogens with two attached hydrogens (primary N) is 1. The van der Waals surface area contributed by atoms with Crippen molar-refractivity contribution in [3.8, 4) is 6.07 Å². The van der Waals surface area contributed by atoms with Gasteiger partial charge in [-0.25, -0.2) is 4.98 Å². The number of likely N-dealkylation sites (tertiary alicyclic amines) is 1. The highest BCUT2D eigenvalue weighted by atomic mass is 16.2. The molecular formula is C25H34N8O2. The van der Waals surface area contributed by atoms with E-state index in [1.165, 1.54) is 6.20 Å². The summed E-state index contributed by atoms with van der Waals surface area (Å²) in [5.74, 6) is -0.0410. The fourth-order valence-corrected chi connectivity index (χ4v) is 4.54. The molecule has 5 N–H and O–H groups in total. The fraction of sp³-hybridized carbons (Fsp3) is 0.480. The van der Waals surface area contributed by atoms with Crippen molar-refractivity contribution in [1.82, 2.24) is 20.2 Å². The Kier molecular flexibility index (Phi) is 8.60. The number of benzene rings is 1. The number of primary amides is 1. The van der Waals surface area contributed by atoms with Crippen LogP contribution in [0.15, 0.2) is 30.5 Å². The minimum atomic E-state index is -0.346. The summed E-state index contributed by atoms with van der Waals surface area (Å²) in [6.45, 7) is 1.97. The molecule has 0 radical (unpaired) electrons. The van der Waals surface area contributed by atoms with Crippen LogP contribution >= 0.6 is 0 Å². The molecule has 0 bridgehead atoms. The number of nitrogens with zero attached hydrogens (tertiary/aromatic N) is 4. The predicted molar refractivity (Wildman–Crippen MR) is 135 cm³/mol. The maximum absolute atomic E-state index is 12.6. The Labute approximate surface area is 206 Å². The Morgan fingerprint density at radius 2 is 1.86 bits per heavy atom. The maximum Gasteiger partial charge on any atom is 0.251 e. The van der Waals surface area contributed by atoms with Crippen LogP contribution in [0.3, 0.4) is 0 Å². The van der Waals surface area contributed by atoms with Crippen molar-refractivity contribution in [2.24, 2.45) is 11.7 Å². The number of amides is 2. The molecule has 10 nitrogen and oxygen atoms in total. The summed E-state index contributed by atoms with van der Waals surface area (Å²) in [7, 11) is 2.09. The topological polar surface area (TPSA) is 149 Å². The smallest absolute Gasteiger partial charge is 0.251 e. The molecule has 1 aliphatic heterocycles. The molecule has 1 aliphatic carbocycles. The summed E-state index contributed by atoms with van der Waals surface area (Å²) in [6.07, 6.45) is 5.75. The van der Waals surface area contributed by atoms with Gasteiger partial charge in [0.25, 0.3) is 5.91 Å². The predicted octanol–water partition coefficient (Wildman–Crippen LogP) is 2.62. The molecule has 2 heterocycles. The van der Waals surface area contributed by atoms with Crippen LogP contribution in [0.5, 0.6) is 0 Å². The Morgan fingerprint density at radius 3 is 2.51 bits per heavy atom. The lowest BCUT2D eigenvalue weighted by atomic mass is 10.0. The van der Waals surface area contributed by atoms with Crippen LogP contribution in [0.2, 0.25) is 0 Å². The van der Waals surface area contributed by atoms with Crippen LogP contribution in [0.1, 0.15) is 55.5 Å². The van der Waals surface area contributed by atoms with E-state index in [0.29, 0.717) is 28.6 Å². The van der Waals surface area contributed by atoms with Crippen molar-refractivity contribution in [2.45, 2.75) is 51.6 Å². The SMILES string of the molecule is C.CN1CCC(NC(=O)c2ccc(Nc3ncc(C#N)c(N[C@@H]4CCC[C@@H]4C(N)=O)n3)cc2)CC1. The standard InChI is InChI=1S/C24H30N8O2.CH4/c1-32-11-9-18(10-12-32)28-23(34)15-5-7-17(8-6-15)29-24-27-14-16(13-25)22(31-24)30-20-4-2-3-19(20)21(26)33;/h5-8,14,18-20H,2-4,9-12H2,1H3,(H2,26,33)(H,28,34)(H2,27,29,30,31);1H4/t19-,20+;/m0./s1. The first-order valence-electron chi connectivity index (χ1n) is 11.6. The minimum absolute atomic E-state index is 0. The van der Waals surface area contributed by atoms with E-state index in [1.54, 1.807) is 24.3 Å². The number of nitrogens with one attached hydrogen (secondary N) is 3. The third-order valence-electron chi connectivity index (χ3n) is 6.57. The zero-order valence-corrected chi connectivity index (χ0v) is 19.3. The molecule has 1 aromatic heterocycles. The molecule has 1 aromatic carbocycles. The van der Waals surface area contributed by atoms with E-state index < -0.39 is 0 Å². The third-order valence-corrected chi connectivity index (χ3v) is 6.57. The monoisotopic (exact) mass is 478 g/mol. The van der Waals surface area contributed by atoms with Crippen molar-refractivity contribution >= 4 is 29.3 Å². The van der Waals surface area contributed by atoms with Gasteiger partial charge in [0.15, 0.2) is 0 Å². The molecule has 186 valence electrons. The lowest BCUT2D eigenvalue weighted by molar-refractivity contribution is -0.121. The Morgan fingerprint density at radius 1 is 1.14 bits per heavy atom. The fourth-order valence-electron chi connectivity index (χ4n) is 4.54. The van der Waals surface area contributed by atoms with Gasteiger partial charge in [0, 0.05) is 23.3 Å². The number of rotatable bonds is 7. The van der Waals surface area contributed by atoms with E-state index in [0.717, 1.165) is 45.2 Å². The molecule has 35 heavy (non-hydrogen) atoms. The van der Waals surface area contributed by atoms with Gasteiger partial charge < -0.3 is 26.6 Å². The summed E-state index contributed by atoms with van der Waals surface area (Å²) in [4.78, 5) is 35.2. The molecule has 0 unspecified atom stereocenters. The Bertz CT molecular complexity index is 1070. The highest BCUT2D eigenvalue weighted by molar-refractivity contribution is 5.94. The number of piperidine rings is 1. The van der Waals surface area contributed by atoms with Crippen LogP contribution in [0.25, 0.3) is 0 Å². The lowest BCUT2D eigenvalue weighted by Gasteiger charge is -2.29. The molecule has 10 heteroatoms. The molecule has 2 aliphatic rings. The van der Waals surface area contributed by atoms with Gasteiger partial charge in [-0.3, -0.25) is 9.59 Å². The number of hydrogen-bond acceptors (Lipinski definition) is 8. The molecule has 2 aromatic rings. The van der Waals surface area contributed by atoms with Crippen LogP contribution in [0, 0.1) is 17.2 Å². The van der Waals surface area contributed by atoms with Gasteiger partial charge in [-0.1, -0.05) is 13.8 Å². The van der Waals surface area contributed by atoms with Gasteiger partial charge in [0.1, 0.15) is 17.5 Å². The number of aromatic nitrogens is 2. The number of carbonyl (C=O) groups excluding carboxylic acids is 2. The van der Waals surface area contributed by atoms with Crippen LogP contribution in [-0.2, 0) is 4.79 Å². The first-order valence-corrected chi connectivity index (χ1v) is 11.6. The molecule has 2 fully saturated rings. The summed E-state index contributed by atoms with van der Waals surface area (Å²) < 4.78 is 0. The van der Waals surface area contributed by atoms with E-state index in [2.05, 4.69) is 43.9 Å². The van der Waals surface area contributed by atoms with Gasteiger partial charge in [0.05, 0.1) is 12.1 Å². The number of hydrogen-bond donors (Lipinski definition) is 4. The summed E-state index contributed by atoms with van der Waals surface area (Å²) in [5, 5.41) is 18.9. The summed E-state index contributed by atoms with van der Waals surface area (Å²) in [6, 6.07) is 9.22. The van der Waals surface area contributed by atoms with E-state index >= 15 is 0 Å². The molecule has 4 rings (SSSR count). The molecule has 0 spiro atoms. The van der Waals surface area contributed by atoms with E-state index in [9.17, 15) is 14.9 Å². The number of carbonyl (C=O) groups is 2. The van der Waals surface area contributed by atoms with Crippen molar-refractivity contribution in [3.05, 3.63) is 41.6 Å². The van der Waals surface area contributed by atoms with Crippen molar-refractivity contribution in [1.29, 1.82) is 5.26 Å². The van der Waals surface area contributed by atoms with Crippen LogP contribution in [0.4, 0.5) is 17.5 Å². The number of nitriles is 1.